The normalized spacial score (nSPS) is 20.1. The maximum atomic E-state index is 11.8. The summed E-state index contributed by atoms with van der Waals surface area (Å²) in [5.41, 5.74) is 12.9. The third kappa shape index (κ3) is 1.60. The number of hydrogen-bond donors (Lipinski definition) is 2. The van der Waals surface area contributed by atoms with Gasteiger partial charge in [0.15, 0.2) is 0 Å². The fourth-order valence-corrected chi connectivity index (χ4v) is 1.82. The summed E-state index contributed by atoms with van der Waals surface area (Å²) in [7, 11) is 0. The second-order valence-corrected chi connectivity index (χ2v) is 3.87. The number of hydrogen-bond acceptors (Lipinski definition) is 4. The van der Waals surface area contributed by atoms with Gasteiger partial charge < -0.3 is 16.4 Å². The summed E-state index contributed by atoms with van der Waals surface area (Å²) < 4.78 is 0. The average Bonchev–Trinajstić information content (AvgIpc) is 2.64. The number of carbonyl (C=O) groups excluding carboxylic acids is 1. The maximum Gasteiger partial charge on any atom is 0.227 e. The lowest BCUT2D eigenvalue weighted by molar-refractivity contribution is -0.117. The van der Waals surface area contributed by atoms with Crippen molar-refractivity contribution in [3.63, 3.8) is 0 Å². The van der Waals surface area contributed by atoms with Crippen LogP contribution in [-0.4, -0.2) is 17.4 Å². The first-order valence-electron chi connectivity index (χ1n) is 5.05. The highest BCUT2D eigenvalue weighted by molar-refractivity contribution is 5.99. The Labute approximate surface area is 93.7 Å². The van der Waals surface area contributed by atoms with E-state index in [1.54, 1.807) is 17.2 Å². The minimum atomic E-state index is 0.0315. The van der Waals surface area contributed by atoms with Crippen molar-refractivity contribution >= 4 is 23.0 Å². The zero-order valence-electron chi connectivity index (χ0n) is 8.89. The molecular weight excluding hydrogens is 204 g/mol. The molecule has 1 aliphatic heterocycles. The largest absolute Gasteiger partial charge is 0.396 e. The topological polar surface area (TPSA) is 85.2 Å². The number of aromatic nitrogens is 1. The van der Waals surface area contributed by atoms with Crippen molar-refractivity contribution in [2.45, 2.75) is 6.42 Å². The van der Waals surface area contributed by atoms with Gasteiger partial charge in [-0.1, -0.05) is 6.08 Å². The molecule has 1 fully saturated rings. The number of amides is 1. The van der Waals surface area contributed by atoms with Crippen molar-refractivity contribution in [3.8, 4) is 0 Å². The lowest BCUT2D eigenvalue weighted by atomic mass is 10.1. The van der Waals surface area contributed by atoms with Crippen molar-refractivity contribution in [3.05, 3.63) is 25.0 Å². The summed E-state index contributed by atoms with van der Waals surface area (Å²) in [5, 5.41) is 0. The molecule has 16 heavy (non-hydrogen) atoms. The molecular formula is C11H14N4O. The van der Waals surface area contributed by atoms with E-state index in [0.717, 1.165) is 0 Å². The van der Waals surface area contributed by atoms with E-state index in [2.05, 4.69) is 11.6 Å². The summed E-state index contributed by atoms with van der Waals surface area (Å²) in [5.74, 6) is 0.206. The summed E-state index contributed by atoms with van der Waals surface area (Å²) in [6.45, 7) is 4.29. The molecule has 4 N–H and O–H groups in total. The van der Waals surface area contributed by atoms with Crippen LogP contribution in [0.25, 0.3) is 0 Å². The molecule has 5 heteroatoms. The number of rotatable bonds is 2. The number of pyridine rings is 1. The molecule has 1 amide bonds. The molecule has 0 saturated carbocycles. The third-order valence-electron chi connectivity index (χ3n) is 2.78. The lowest BCUT2D eigenvalue weighted by Crippen LogP contribution is -2.25. The smallest absolute Gasteiger partial charge is 0.227 e. The minimum absolute atomic E-state index is 0.0315. The van der Waals surface area contributed by atoms with Crippen LogP contribution in [0.2, 0.25) is 0 Å². The number of nitrogens with zero attached hydrogens (tertiary/aromatic N) is 2. The average molecular weight is 218 g/mol. The Bertz CT molecular complexity index is 444. The summed E-state index contributed by atoms with van der Waals surface area (Å²) in [6.07, 6.45) is 5.30. The zero-order chi connectivity index (χ0) is 11.7. The number of carbonyl (C=O) groups is 1. The molecule has 1 atom stereocenters. The highest BCUT2D eigenvalue weighted by Crippen LogP contribution is 2.32. The highest BCUT2D eigenvalue weighted by atomic mass is 16.2. The Morgan fingerprint density at radius 1 is 1.50 bits per heavy atom. The molecule has 0 bridgehead atoms. The molecule has 1 aromatic heterocycles. The van der Waals surface area contributed by atoms with E-state index in [-0.39, 0.29) is 11.8 Å². The van der Waals surface area contributed by atoms with Gasteiger partial charge in [0.2, 0.25) is 5.91 Å². The highest BCUT2D eigenvalue weighted by Gasteiger charge is 2.30. The summed E-state index contributed by atoms with van der Waals surface area (Å²) in [4.78, 5) is 17.3. The van der Waals surface area contributed by atoms with E-state index in [9.17, 15) is 4.79 Å². The molecule has 2 heterocycles. The third-order valence-corrected chi connectivity index (χ3v) is 2.78. The Morgan fingerprint density at radius 2 is 2.25 bits per heavy atom. The van der Waals surface area contributed by atoms with Crippen LogP contribution in [-0.2, 0) is 4.79 Å². The Balaban J connectivity index is 2.35. The molecule has 84 valence electrons. The predicted molar refractivity (Wildman–Crippen MR) is 63.7 cm³/mol. The second kappa shape index (κ2) is 3.84. The Hall–Kier alpha value is -2.04. The molecule has 5 nitrogen and oxygen atoms in total. The quantitative estimate of drug-likeness (QED) is 0.718. The van der Waals surface area contributed by atoms with Gasteiger partial charge in [-0.3, -0.25) is 9.78 Å². The van der Waals surface area contributed by atoms with Crippen molar-refractivity contribution in [1.82, 2.24) is 4.98 Å². The number of nitrogen functional groups attached to an aromatic ring is 2. The molecule has 1 aliphatic rings. The first-order chi connectivity index (χ1) is 7.63. The fourth-order valence-electron chi connectivity index (χ4n) is 1.82. The molecule has 1 aromatic rings. The summed E-state index contributed by atoms with van der Waals surface area (Å²) in [6, 6.07) is 0. The first kappa shape index (κ1) is 10.5. The van der Waals surface area contributed by atoms with Gasteiger partial charge in [0.05, 0.1) is 29.5 Å². The van der Waals surface area contributed by atoms with Gasteiger partial charge in [0, 0.05) is 18.9 Å². The van der Waals surface area contributed by atoms with Gasteiger partial charge in [0.25, 0.3) is 0 Å². The van der Waals surface area contributed by atoms with Crippen LogP contribution in [0.1, 0.15) is 6.42 Å². The van der Waals surface area contributed by atoms with E-state index in [1.165, 1.54) is 6.20 Å². The predicted octanol–water partition coefficient (Wildman–Crippen LogP) is 0.785. The minimum Gasteiger partial charge on any atom is -0.396 e. The van der Waals surface area contributed by atoms with Crippen LogP contribution >= 0.6 is 0 Å². The van der Waals surface area contributed by atoms with Crippen molar-refractivity contribution in [1.29, 1.82) is 0 Å². The van der Waals surface area contributed by atoms with Crippen molar-refractivity contribution in [2.24, 2.45) is 5.92 Å². The maximum absolute atomic E-state index is 11.8. The van der Waals surface area contributed by atoms with Gasteiger partial charge in [-0.05, 0) is 0 Å². The molecule has 0 radical (unpaired) electrons. The van der Waals surface area contributed by atoms with Crippen LogP contribution < -0.4 is 16.4 Å². The van der Waals surface area contributed by atoms with Gasteiger partial charge >= 0.3 is 0 Å². The SMILES string of the molecule is C=CC1CC(=O)N(c2cncc(N)c2N)C1. The Kier molecular flexibility index (Phi) is 2.52. The van der Waals surface area contributed by atoms with E-state index in [4.69, 9.17) is 11.5 Å². The standard InChI is InChI=1S/C11H14N4O/c1-2-7-3-10(16)15(6-7)9-5-14-4-8(12)11(9)13/h2,4-5,7H,1,3,6,12H2,(H2,13,14). The van der Waals surface area contributed by atoms with Crippen LogP contribution in [0.15, 0.2) is 25.0 Å². The number of nitrogens with two attached hydrogens (primary N) is 2. The van der Waals surface area contributed by atoms with Crippen LogP contribution in [0.4, 0.5) is 17.1 Å². The molecule has 0 spiro atoms. The van der Waals surface area contributed by atoms with E-state index in [0.29, 0.717) is 30.0 Å². The van der Waals surface area contributed by atoms with E-state index >= 15 is 0 Å². The summed E-state index contributed by atoms with van der Waals surface area (Å²) >= 11 is 0. The fraction of sp³-hybridized carbons (Fsp3) is 0.273. The van der Waals surface area contributed by atoms with Gasteiger partial charge in [-0.2, -0.15) is 0 Å². The van der Waals surface area contributed by atoms with E-state index in [1.807, 2.05) is 0 Å². The van der Waals surface area contributed by atoms with E-state index < -0.39 is 0 Å². The molecule has 0 aliphatic carbocycles. The second-order valence-electron chi connectivity index (χ2n) is 3.87. The molecule has 2 rings (SSSR count). The molecule has 1 unspecified atom stereocenters. The van der Waals surface area contributed by atoms with Crippen molar-refractivity contribution in [2.75, 3.05) is 22.9 Å². The zero-order valence-corrected chi connectivity index (χ0v) is 8.89. The van der Waals surface area contributed by atoms with Crippen molar-refractivity contribution < 1.29 is 4.79 Å². The Morgan fingerprint density at radius 3 is 2.88 bits per heavy atom. The van der Waals surface area contributed by atoms with Gasteiger partial charge in [0.1, 0.15) is 0 Å². The van der Waals surface area contributed by atoms with Crippen LogP contribution in [0.5, 0.6) is 0 Å². The molecule has 0 aromatic carbocycles. The number of anilines is 3. The van der Waals surface area contributed by atoms with Gasteiger partial charge in [-0.25, -0.2) is 0 Å². The lowest BCUT2D eigenvalue weighted by Gasteiger charge is -2.18. The van der Waals surface area contributed by atoms with Gasteiger partial charge in [-0.15, -0.1) is 6.58 Å². The first-order valence-corrected chi connectivity index (χ1v) is 5.05. The van der Waals surface area contributed by atoms with Crippen LogP contribution in [0, 0.1) is 5.92 Å². The van der Waals surface area contributed by atoms with Crippen LogP contribution in [0.3, 0.4) is 0 Å². The molecule has 1 saturated heterocycles. The monoisotopic (exact) mass is 218 g/mol.